The lowest BCUT2D eigenvalue weighted by atomic mass is 9.88. The van der Waals surface area contributed by atoms with Crippen LogP contribution >= 0.6 is 0 Å². The Balaban J connectivity index is 1.57. The van der Waals surface area contributed by atoms with Crippen molar-refractivity contribution in [1.82, 2.24) is 10.6 Å². The third-order valence-corrected chi connectivity index (χ3v) is 14.7. The quantitative estimate of drug-likeness (QED) is 0.0290. The molecular formula is C51H94N2O23. The van der Waals surface area contributed by atoms with Crippen LogP contribution in [0.5, 0.6) is 0 Å². The molecule has 0 radical (unpaired) electrons. The molecule has 76 heavy (non-hydrogen) atoms. The second-order valence-electron chi connectivity index (χ2n) is 21.0. The standard InChI is InChI=1S/C51H94N2O23/c1-3-5-7-9-11-13-15-17-19-35(59)52-26-51(27-53-36(60)20-18-16-14-12-10-8-6-4-2,28-69-48-44(67)41(64)46(33(24-56)73-48)75-37-21-30(58)38(61)31(22-54)71-37)29-70-49-45(68)42(65)47(34(25-57)74-49)76-50-43(66)40(63)39(62)32(23-55)72-50/h30-34,37-50,54-58,61-68H,3-29H2,1-2H3,(H,52,59)(H,53,60)/t30?,31?,32?,33?,34?,37-,38+,39-,40?,41?,42?,43+,44+,45+,46-,47-,48-,49?,50?/m0/s1. The summed E-state index contributed by atoms with van der Waals surface area (Å²) in [4.78, 5) is 27.1. The highest BCUT2D eigenvalue weighted by atomic mass is 16.8. The maximum Gasteiger partial charge on any atom is 0.220 e. The number of amides is 2. The largest absolute Gasteiger partial charge is 0.394 e. The maximum atomic E-state index is 13.5. The lowest BCUT2D eigenvalue weighted by molar-refractivity contribution is -0.362. The number of carbonyl (C=O) groups is 2. The summed E-state index contributed by atoms with van der Waals surface area (Å²) in [5, 5.41) is 144. The van der Waals surface area contributed by atoms with Gasteiger partial charge in [0.2, 0.25) is 11.8 Å². The smallest absolute Gasteiger partial charge is 0.220 e. The molecule has 0 spiro atoms. The molecule has 4 rings (SSSR count). The van der Waals surface area contributed by atoms with E-state index in [1.807, 2.05) is 0 Å². The van der Waals surface area contributed by atoms with Gasteiger partial charge in [0, 0.05) is 32.4 Å². The van der Waals surface area contributed by atoms with Gasteiger partial charge in [0.1, 0.15) is 85.5 Å². The Morgan fingerprint density at radius 3 is 1.26 bits per heavy atom. The second kappa shape index (κ2) is 35.1. The molecule has 19 atom stereocenters. The van der Waals surface area contributed by atoms with Crippen molar-refractivity contribution in [2.24, 2.45) is 5.41 Å². The monoisotopic (exact) mass is 1100 g/mol. The van der Waals surface area contributed by atoms with E-state index in [0.717, 1.165) is 89.9 Å². The van der Waals surface area contributed by atoms with Gasteiger partial charge in [-0.1, -0.05) is 104 Å². The normalized spacial score (nSPS) is 35.3. The molecule has 15 N–H and O–H groups in total. The van der Waals surface area contributed by atoms with Crippen LogP contribution in [0.15, 0.2) is 0 Å². The number of ether oxygens (including phenoxy) is 8. The van der Waals surface area contributed by atoms with Crippen LogP contribution in [0, 0.1) is 5.41 Å². The van der Waals surface area contributed by atoms with E-state index in [0.29, 0.717) is 12.8 Å². The van der Waals surface area contributed by atoms with Gasteiger partial charge in [0.05, 0.1) is 51.2 Å². The predicted molar refractivity (Wildman–Crippen MR) is 266 cm³/mol. The fourth-order valence-electron chi connectivity index (χ4n) is 9.79. The molecule has 25 nitrogen and oxygen atoms in total. The van der Waals surface area contributed by atoms with Crippen molar-refractivity contribution >= 4 is 11.8 Å². The minimum absolute atomic E-state index is 0.151. The molecule has 4 fully saturated rings. The Bertz CT molecular complexity index is 1550. The third kappa shape index (κ3) is 20.3. The number of nitrogens with one attached hydrogen (secondary N) is 2. The molecule has 2 amide bonds. The van der Waals surface area contributed by atoms with Crippen LogP contribution in [0.4, 0.5) is 0 Å². The Morgan fingerprint density at radius 1 is 0.447 bits per heavy atom. The van der Waals surface area contributed by atoms with Gasteiger partial charge in [-0.25, -0.2) is 0 Å². The Kier molecular flexibility index (Phi) is 30.7. The molecule has 10 unspecified atom stereocenters. The lowest BCUT2D eigenvalue weighted by Gasteiger charge is -2.47. The molecule has 4 saturated heterocycles. The zero-order chi connectivity index (χ0) is 55.8. The molecule has 446 valence electrons. The van der Waals surface area contributed by atoms with Gasteiger partial charge in [0.15, 0.2) is 25.2 Å². The number of hydrogen-bond donors (Lipinski definition) is 15. The van der Waals surface area contributed by atoms with E-state index in [4.69, 9.17) is 37.9 Å². The zero-order valence-electron chi connectivity index (χ0n) is 44.5. The molecule has 0 bridgehead atoms. The first-order chi connectivity index (χ1) is 36.5. The first-order valence-corrected chi connectivity index (χ1v) is 27.7. The second-order valence-corrected chi connectivity index (χ2v) is 21.0. The van der Waals surface area contributed by atoms with Crippen molar-refractivity contribution in [2.75, 3.05) is 52.7 Å². The highest BCUT2D eigenvalue weighted by Crippen LogP contribution is 2.33. The van der Waals surface area contributed by atoms with Crippen LogP contribution in [-0.2, 0) is 47.5 Å². The summed E-state index contributed by atoms with van der Waals surface area (Å²) in [6.07, 6.45) is -15.3. The van der Waals surface area contributed by atoms with E-state index in [1.165, 1.54) is 0 Å². The number of carbonyl (C=O) groups excluding carboxylic acids is 2. The van der Waals surface area contributed by atoms with Crippen molar-refractivity contribution in [2.45, 2.75) is 253 Å². The molecule has 25 heteroatoms. The van der Waals surface area contributed by atoms with Crippen LogP contribution in [0.1, 0.15) is 136 Å². The number of aliphatic hydroxyl groups is 13. The van der Waals surface area contributed by atoms with Crippen molar-refractivity contribution in [3.05, 3.63) is 0 Å². The van der Waals surface area contributed by atoms with Crippen LogP contribution < -0.4 is 10.6 Å². The van der Waals surface area contributed by atoms with Crippen LogP contribution in [0.3, 0.4) is 0 Å². The van der Waals surface area contributed by atoms with E-state index < -0.39 is 162 Å². The number of aliphatic hydroxyl groups excluding tert-OH is 13. The summed E-state index contributed by atoms with van der Waals surface area (Å²) in [5.41, 5.74) is -1.54. The predicted octanol–water partition coefficient (Wildman–Crippen LogP) is -2.42. The lowest BCUT2D eigenvalue weighted by Crippen LogP contribution is -2.65. The maximum absolute atomic E-state index is 13.5. The summed E-state index contributed by atoms with van der Waals surface area (Å²) in [5.74, 6) is -0.705. The van der Waals surface area contributed by atoms with Crippen LogP contribution in [0.2, 0.25) is 0 Å². The van der Waals surface area contributed by atoms with Gasteiger partial charge < -0.3 is 115 Å². The number of hydrogen-bond acceptors (Lipinski definition) is 23. The molecule has 0 aromatic carbocycles. The Labute approximate surface area is 446 Å². The highest BCUT2D eigenvalue weighted by Gasteiger charge is 2.53. The average molecular weight is 1100 g/mol. The zero-order valence-corrected chi connectivity index (χ0v) is 44.5. The first kappa shape index (κ1) is 66.6. The van der Waals surface area contributed by atoms with Gasteiger partial charge in [0.25, 0.3) is 0 Å². The molecule has 0 aliphatic carbocycles. The highest BCUT2D eigenvalue weighted by molar-refractivity contribution is 5.76. The van der Waals surface area contributed by atoms with Crippen molar-refractivity contribution in [3.8, 4) is 0 Å². The summed E-state index contributed by atoms with van der Waals surface area (Å²) >= 11 is 0. The summed E-state index contributed by atoms with van der Waals surface area (Å²) < 4.78 is 46.7. The van der Waals surface area contributed by atoms with Crippen LogP contribution in [-0.4, -0.2) is 248 Å². The summed E-state index contributed by atoms with van der Waals surface area (Å²) in [6, 6.07) is 0. The van der Waals surface area contributed by atoms with Crippen molar-refractivity contribution in [3.63, 3.8) is 0 Å². The molecular weight excluding hydrogens is 1010 g/mol. The molecule has 0 aromatic heterocycles. The topological polar surface area (TPSA) is 395 Å². The molecule has 0 aromatic rings. The fourth-order valence-corrected chi connectivity index (χ4v) is 9.79. The van der Waals surface area contributed by atoms with Gasteiger partial charge >= 0.3 is 0 Å². The number of rotatable bonds is 36. The SMILES string of the molecule is CCCCCCCCCCC(=O)NCC(CNC(=O)CCCCCCCCCC)(COC1OC(CO)[C@H](OC2OC(CO)[C@H](O)C(O)[C@H]2O)C(O)[C@H]1O)CO[C@H]1OC(CO)[C@H](O[C@H]2CC(O)[C@@H](O)C(CO)O2)C(O)[C@H]1O. The Hall–Kier alpha value is -1.90. The summed E-state index contributed by atoms with van der Waals surface area (Å²) in [6.45, 7) is -0.473. The van der Waals surface area contributed by atoms with Crippen LogP contribution in [0.25, 0.3) is 0 Å². The van der Waals surface area contributed by atoms with Gasteiger partial charge in [-0.15, -0.1) is 0 Å². The van der Waals surface area contributed by atoms with Gasteiger partial charge in [-0.2, -0.15) is 0 Å². The van der Waals surface area contributed by atoms with E-state index in [1.54, 1.807) is 0 Å². The molecule has 4 aliphatic heterocycles. The summed E-state index contributed by atoms with van der Waals surface area (Å²) in [7, 11) is 0. The molecule has 4 aliphatic rings. The van der Waals surface area contributed by atoms with E-state index in [-0.39, 0.29) is 44.2 Å². The number of unbranched alkanes of at least 4 members (excludes halogenated alkanes) is 14. The van der Waals surface area contributed by atoms with E-state index >= 15 is 0 Å². The van der Waals surface area contributed by atoms with E-state index in [2.05, 4.69) is 24.5 Å². The van der Waals surface area contributed by atoms with Gasteiger partial charge in [-0.05, 0) is 12.8 Å². The van der Waals surface area contributed by atoms with Crippen molar-refractivity contribution in [1.29, 1.82) is 0 Å². The van der Waals surface area contributed by atoms with Crippen molar-refractivity contribution < 1.29 is 114 Å². The minimum atomic E-state index is -1.96. The fraction of sp³-hybridized carbons (Fsp3) is 0.961. The third-order valence-electron chi connectivity index (χ3n) is 14.7. The van der Waals surface area contributed by atoms with Gasteiger partial charge in [-0.3, -0.25) is 9.59 Å². The molecule has 4 heterocycles. The van der Waals surface area contributed by atoms with E-state index in [9.17, 15) is 76.0 Å². The average Bonchev–Trinajstić information content (AvgIpc) is 3.41. The first-order valence-electron chi connectivity index (χ1n) is 27.7. The Morgan fingerprint density at radius 2 is 0.829 bits per heavy atom. The molecule has 0 saturated carbocycles. The minimum Gasteiger partial charge on any atom is -0.394 e.